The summed E-state index contributed by atoms with van der Waals surface area (Å²) in [5.74, 6) is 0. The molecule has 0 radical (unpaired) electrons. The Kier molecular flexibility index (Phi) is 6.34. The molecule has 0 aromatic carbocycles. The van der Waals surface area contributed by atoms with Crippen molar-refractivity contribution in [2.75, 3.05) is 19.6 Å². The molecule has 0 spiro atoms. The minimum atomic E-state index is 0.151. The number of hydrogen-bond acceptors (Lipinski definition) is 4. The zero-order valence-corrected chi connectivity index (χ0v) is 12.8. The lowest BCUT2D eigenvalue weighted by atomic mass is 9.97. The van der Waals surface area contributed by atoms with Crippen LogP contribution in [-0.2, 0) is 0 Å². The summed E-state index contributed by atoms with van der Waals surface area (Å²) >= 11 is 9.94. The van der Waals surface area contributed by atoms with Gasteiger partial charge in [0, 0.05) is 19.6 Å². The van der Waals surface area contributed by atoms with Crippen LogP contribution in [0.4, 0.5) is 0 Å². The van der Waals surface area contributed by atoms with Crippen LogP contribution in [0.25, 0.3) is 0 Å². The second-order valence-electron chi connectivity index (χ2n) is 4.33. The fourth-order valence-electron chi connectivity index (χ4n) is 2.11. The molecule has 1 unspecified atom stereocenters. The zero-order chi connectivity index (χ0) is 12.8. The summed E-state index contributed by atoms with van der Waals surface area (Å²) in [7, 11) is 0. The predicted octanol–water partition coefficient (Wildman–Crippen LogP) is 3.00. The second-order valence-corrected chi connectivity index (χ2v) is 5.29. The Hall–Kier alpha value is -0.220. The number of nitrogens with zero attached hydrogens (tertiary/aromatic N) is 1. The number of allylic oxidation sites excluding steroid dienone is 1. The van der Waals surface area contributed by atoms with Gasteiger partial charge in [0.1, 0.15) is 0 Å². The third-order valence-corrected chi connectivity index (χ3v) is 4.31. The molecule has 1 aliphatic rings. The van der Waals surface area contributed by atoms with Crippen molar-refractivity contribution >= 4 is 29.7 Å². The van der Waals surface area contributed by atoms with Gasteiger partial charge in [-0.05, 0) is 20.3 Å². The normalized spacial score (nSPS) is 19.3. The van der Waals surface area contributed by atoms with E-state index in [-0.39, 0.29) is 5.25 Å². The molecule has 4 heteroatoms. The lowest BCUT2D eigenvalue weighted by Crippen LogP contribution is -2.46. The third kappa shape index (κ3) is 3.38. The largest absolute Gasteiger partial charge is 0.383 e. The van der Waals surface area contributed by atoms with Crippen LogP contribution in [0.15, 0.2) is 11.4 Å². The molecule has 0 fully saturated rings. The lowest BCUT2D eigenvalue weighted by molar-refractivity contribution is 0.368. The van der Waals surface area contributed by atoms with Gasteiger partial charge < -0.3 is 10.2 Å². The topological polar surface area (TPSA) is 15.3 Å². The van der Waals surface area contributed by atoms with Crippen LogP contribution in [0.5, 0.6) is 0 Å². The maximum absolute atomic E-state index is 5.37. The van der Waals surface area contributed by atoms with Crippen LogP contribution >= 0.6 is 24.8 Å². The van der Waals surface area contributed by atoms with Gasteiger partial charge in [-0.2, -0.15) is 12.6 Å². The monoisotopic (exact) mass is 272 g/mol. The van der Waals surface area contributed by atoms with Gasteiger partial charge in [-0.1, -0.05) is 32.0 Å². The first-order chi connectivity index (χ1) is 8.17. The minimum Gasteiger partial charge on any atom is -0.383 e. The lowest BCUT2D eigenvalue weighted by Gasteiger charge is -2.39. The summed E-state index contributed by atoms with van der Waals surface area (Å²) in [5, 5.41) is 3.63. The molecular formula is C13H24N2S2. The first-order valence-corrected chi connectivity index (χ1v) is 7.55. The van der Waals surface area contributed by atoms with Crippen molar-refractivity contribution in [3.05, 3.63) is 11.4 Å². The highest BCUT2D eigenvalue weighted by Gasteiger charge is 2.35. The molecule has 0 aliphatic heterocycles. The summed E-state index contributed by atoms with van der Waals surface area (Å²) < 4.78 is 0. The van der Waals surface area contributed by atoms with Crippen LogP contribution in [-0.4, -0.2) is 34.6 Å². The van der Waals surface area contributed by atoms with Crippen LogP contribution in [0.1, 0.15) is 40.0 Å². The highest BCUT2D eigenvalue weighted by atomic mass is 32.1. The van der Waals surface area contributed by atoms with E-state index < -0.39 is 0 Å². The predicted molar refractivity (Wildman–Crippen MR) is 82.8 cm³/mol. The summed E-state index contributed by atoms with van der Waals surface area (Å²) in [6.07, 6.45) is 3.74. The van der Waals surface area contributed by atoms with Gasteiger partial charge in [-0.15, -0.1) is 0 Å². The second kappa shape index (κ2) is 7.27. The van der Waals surface area contributed by atoms with E-state index in [1.165, 1.54) is 30.7 Å². The van der Waals surface area contributed by atoms with Crippen LogP contribution in [0.3, 0.4) is 0 Å². The van der Waals surface area contributed by atoms with Crippen LogP contribution < -0.4 is 5.32 Å². The molecule has 0 amide bonds. The molecule has 1 aliphatic carbocycles. The van der Waals surface area contributed by atoms with Crippen molar-refractivity contribution in [3.63, 3.8) is 0 Å². The van der Waals surface area contributed by atoms with Gasteiger partial charge in [0.25, 0.3) is 0 Å². The molecule has 0 saturated heterocycles. The van der Waals surface area contributed by atoms with E-state index >= 15 is 0 Å². The van der Waals surface area contributed by atoms with Crippen molar-refractivity contribution in [1.29, 1.82) is 0 Å². The van der Waals surface area contributed by atoms with E-state index in [9.17, 15) is 0 Å². The molecule has 1 atom stereocenters. The molecule has 0 saturated carbocycles. The van der Waals surface area contributed by atoms with E-state index in [2.05, 4.69) is 43.6 Å². The SMILES string of the molecule is CCCCCNC1=C(N(CC)CC)C(S)C1=S. The number of hydrogen-bond donors (Lipinski definition) is 2. The van der Waals surface area contributed by atoms with Gasteiger partial charge in [0.05, 0.1) is 21.5 Å². The Morgan fingerprint density at radius 2 is 1.88 bits per heavy atom. The standard InChI is InChI=1S/C13H24N2S2/c1-4-7-8-9-14-10-11(13(17)12(10)16)15(5-2)6-3/h13-14,17H,4-9H2,1-3H3. The summed E-state index contributed by atoms with van der Waals surface area (Å²) in [4.78, 5) is 3.32. The molecule has 0 aromatic rings. The molecule has 1 rings (SSSR count). The third-order valence-electron chi connectivity index (χ3n) is 3.20. The fourth-order valence-corrected chi connectivity index (χ4v) is 2.82. The Balaban J connectivity index is 2.61. The number of unbranched alkanes of at least 4 members (excludes halogenated alkanes) is 2. The van der Waals surface area contributed by atoms with E-state index in [0.29, 0.717) is 0 Å². The fraction of sp³-hybridized carbons (Fsp3) is 0.769. The Morgan fingerprint density at radius 1 is 1.24 bits per heavy atom. The number of thiol groups is 1. The van der Waals surface area contributed by atoms with E-state index in [1.54, 1.807) is 0 Å². The smallest absolute Gasteiger partial charge is 0.0809 e. The van der Waals surface area contributed by atoms with Crippen molar-refractivity contribution in [3.8, 4) is 0 Å². The van der Waals surface area contributed by atoms with Gasteiger partial charge in [-0.3, -0.25) is 0 Å². The van der Waals surface area contributed by atoms with Crippen molar-refractivity contribution in [2.24, 2.45) is 0 Å². The first kappa shape index (κ1) is 14.8. The maximum Gasteiger partial charge on any atom is 0.0809 e. The highest BCUT2D eigenvalue weighted by Crippen LogP contribution is 2.31. The molecule has 0 bridgehead atoms. The summed E-state index contributed by atoms with van der Waals surface area (Å²) in [6, 6.07) is 0. The molecule has 0 aromatic heterocycles. The first-order valence-electron chi connectivity index (χ1n) is 6.62. The van der Waals surface area contributed by atoms with Crippen molar-refractivity contribution in [1.82, 2.24) is 10.2 Å². The maximum atomic E-state index is 5.37. The van der Waals surface area contributed by atoms with Gasteiger partial charge in [-0.25, -0.2) is 0 Å². The molecule has 0 heterocycles. The van der Waals surface area contributed by atoms with E-state index in [4.69, 9.17) is 12.2 Å². The van der Waals surface area contributed by atoms with Gasteiger partial charge in [0.2, 0.25) is 0 Å². The molecule has 2 nitrogen and oxygen atoms in total. The quantitative estimate of drug-likeness (QED) is 0.401. The number of rotatable bonds is 8. The molecule has 17 heavy (non-hydrogen) atoms. The van der Waals surface area contributed by atoms with Crippen LogP contribution in [0.2, 0.25) is 0 Å². The van der Waals surface area contributed by atoms with Gasteiger partial charge in [0.15, 0.2) is 0 Å². The Bertz CT molecular complexity index is 296. The van der Waals surface area contributed by atoms with Crippen molar-refractivity contribution in [2.45, 2.75) is 45.3 Å². The van der Waals surface area contributed by atoms with Crippen molar-refractivity contribution < 1.29 is 0 Å². The zero-order valence-electron chi connectivity index (χ0n) is 11.1. The summed E-state index contributed by atoms with van der Waals surface area (Å²) in [6.45, 7) is 9.63. The van der Waals surface area contributed by atoms with E-state index in [1.807, 2.05) is 0 Å². The van der Waals surface area contributed by atoms with Gasteiger partial charge >= 0.3 is 0 Å². The number of nitrogens with one attached hydrogen (secondary N) is 1. The highest BCUT2D eigenvalue weighted by molar-refractivity contribution is 7.87. The molecule has 98 valence electrons. The summed E-state index contributed by atoms with van der Waals surface area (Å²) in [5.41, 5.74) is 2.46. The average molecular weight is 272 g/mol. The molecule has 1 N–H and O–H groups in total. The molecular weight excluding hydrogens is 248 g/mol. The Labute approximate surface area is 116 Å². The Morgan fingerprint density at radius 3 is 2.41 bits per heavy atom. The average Bonchev–Trinajstić information content (AvgIpc) is 2.36. The van der Waals surface area contributed by atoms with E-state index in [0.717, 1.165) is 24.5 Å². The minimum absolute atomic E-state index is 0.151. The number of thiocarbonyl (C=S) groups is 1. The van der Waals surface area contributed by atoms with Crippen LogP contribution in [0, 0.1) is 0 Å².